The summed E-state index contributed by atoms with van der Waals surface area (Å²) < 4.78 is 0. The number of allylic oxidation sites excluding steroid dienone is 6. The van der Waals surface area contributed by atoms with Crippen molar-refractivity contribution in [3.63, 3.8) is 0 Å². The molecule has 60 valence electrons. The molecule has 0 aromatic heterocycles. The van der Waals surface area contributed by atoms with E-state index in [1.165, 1.54) is 32.1 Å². The van der Waals surface area contributed by atoms with Crippen LogP contribution in [0.15, 0.2) is 36.5 Å². The van der Waals surface area contributed by atoms with Gasteiger partial charge in [0.15, 0.2) is 0 Å². The second kappa shape index (κ2) is 5.96. The van der Waals surface area contributed by atoms with Crippen molar-refractivity contribution in [3.05, 3.63) is 36.5 Å². The Labute approximate surface area is 69.3 Å². The van der Waals surface area contributed by atoms with E-state index in [1.807, 2.05) is 0 Å². The highest BCUT2D eigenvalue weighted by Gasteiger charge is 1.82. The molecule has 1 aliphatic carbocycles. The lowest BCUT2D eigenvalue weighted by molar-refractivity contribution is 0.864. The molecule has 0 aliphatic heterocycles. The van der Waals surface area contributed by atoms with Crippen LogP contribution in [0.5, 0.6) is 0 Å². The molecule has 0 aromatic rings. The third kappa shape index (κ3) is 4.60. The Kier molecular flexibility index (Phi) is 4.51. The normalized spacial score (nSPS) is 25.5. The highest BCUT2D eigenvalue weighted by atomic mass is 13.9. The monoisotopic (exact) mass is 148 g/mol. The molecule has 0 saturated heterocycles. The number of hydrogen-bond donors (Lipinski definition) is 0. The Morgan fingerprint density at radius 2 is 1.09 bits per heavy atom. The van der Waals surface area contributed by atoms with E-state index in [1.54, 1.807) is 0 Å². The van der Waals surface area contributed by atoms with Gasteiger partial charge in [0.25, 0.3) is 0 Å². The summed E-state index contributed by atoms with van der Waals surface area (Å²) in [6.45, 7) is 0. The van der Waals surface area contributed by atoms with Gasteiger partial charge in [-0.25, -0.2) is 0 Å². The van der Waals surface area contributed by atoms with Gasteiger partial charge in [-0.1, -0.05) is 36.5 Å². The molecule has 1 aliphatic rings. The smallest absolute Gasteiger partial charge is 0.0313 e. The van der Waals surface area contributed by atoms with Crippen molar-refractivity contribution in [2.24, 2.45) is 0 Å². The predicted molar refractivity (Wildman–Crippen MR) is 50.5 cm³/mol. The van der Waals surface area contributed by atoms with E-state index >= 15 is 0 Å². The molecule has 0 N–H and O–H groups in total. The zero-order chi connectivity index (χ0) is 7.78. The van der Waals surface area contributed by atoms with Crippen molar-refractivity contribution in [3.8, 4) is 0 Å². The zero-order valence-electron chi connectivity index (χ0n) is 7.00. The Morgan fingerprint density at radius 1 is 0.545 bits per heavy atom. The van der Waals surface area contributed by atoms with Gasteiger partial charge >= 0.3 is 0 Å². The topological polar surface area (TPSA) is 0 Å². The van der Waals surface area contributed by atoms with Crippen LogP contribution in [-0.2, 0) is 0 Å². The Morgan fingerprint density at radius 3 is 2.00 bits per heavy atom. The van der Waals surface area contributed by atoms with Gasteiger partial charge in [0.05, 0.1) is 0 Å². The maximum Gasteiger partial charge on any atom is -0.0313 e. The Hall–Kier alpha value is -0.780. The summed E-state index contributed by atoms with van der Waals surface area (Å²) in [5, 5.41) is 0. The highest BCUT2D eigenvalue weighted by Crippen LogP contribution is 2.02. The largest absolute Gasteiger partial charge is 0.0885 e. The first kappa shape index (κ1) is 8.32. The minimum absolute atomic E-state index is 1.18. The maximum atomic E-state index is 2.30. The molecular weight excluding hydrogens is 132 g/mol. The lowest BCUT2D eigenvalue weighted by Gasteiger charge is -1.88. The molecule has 1 rings (SSSR count). The lowest BCUT2D eigenvalue weighted by atomic mass is 10.2. The van der Waals surface area contributed by atoms with Crippen molar-refractivity contribution in [2.45, 2.75) is 32.1 Å². The minimum Gasteiger partial charge on any atom is -0.0885 e. The third-order valence-electron chi connectivity index (χ3n) is 1.79. The maximum absolute atomic E-state index is 2.30. The van der Waals surface area contributed by atoms with Crippen LogP contribution in [0.1, 0.15) is 32.1 Å². The van der Waals surface area contributed by atoms with Gasteiger partial charge in [0, 0.05) is 0 Å². The molecule has 0 fully saturated rings. The molecule has 0 radical (unpaired) electrons. The molecule has 0 spiro atoms. The van der Waals surface area contributed by atoms with Gasteiger partial charge < -0.3 is 0 Å². The lowest BCUT2D eigenvalue weighted by Crippen LogP contribution is -1.68. The van der Waals surface area contributed by atoms with Crippen LogP contribution >= 0.6 is 0 Å². The van der Waals surface area contributed by atoms with Crippen LogP contribution in [0.4, 0.5) is 0 Å². The standard InChI is InChI=1S/C11H16/c1-2-4-6-8-10-11-9-7-5-3-1/h1-4,9,11H,5-8,10H2/b3-1+,4-2-,11-9?. The molecule has 0 amide bonds. The fourth-order valence-corrected chi connectivity index (χ4v) is 1.13. The summed E-state index contributed by atoms with van der Waals surface area (Å²) in [6.07, 6.45) is 19.5. The van der Waals surface area contributed by atoms with E-state index in [-0.39, 0.29) is 0 Å². The molecule has 0 heterocycles. The molecule has 0 saturated carbocycles. The first-order valence-corrected chi connectivity index (χ1v) is 4.47. The van der Waals surface area contributed by atoms with E-state index in [4.69, 9.17) is 0 Å². The fraction of sp³-hybridized carbons (Fsp3) is 0.455. The summed E-state index contributed by atoms with van der Waals surface area (Å²) in [7, 11) is 0. The van der Waals surface area contributed by atoms with Crippen molar-refractivity contribution in [2.75, 3.05) is 0 Å². The van der Waals surface area contributed by atoms with Gasteiger partial charge in [-0.3, -0.25) is 0 Å². The molecule has 11 heavy (non-hydrogen) atoms. The van der Waals surface area contributed by atoms with E-state index < -0.39 is 0 Å². The average molecular weight is 148 g/mol. The van der Waals surface area contributed by atoms with Crippen LogP contribution in [0.25, 0.3) is 0 Å². The molecule has 0 bridgehead atoms. The molecule has 0 nitrogen and oxygen atoms in total. The van der Waals surface area contributed by atoms with Crippen LogP contribution in [0.3, 0.4) is 0 Å². The summed E-state index contributed by atoms with van der Waals surface area (Å²) in [6, 6.07) is 0. The summed E-state index contributed by atoms with van der Waals surface area (Å²) >= 11 is 0. The fourth-order valence-electron chi connectivity index (χ4n) is 1.13. The quantitative estimate of drug-likeness (QED) is 0.460. The van der Waals surface area contributed by atoms with Gasteiger partial charge in [0.1, 0.15) is 0 Å². The minimum atomic E-state index is 1.18. The van der Waals surface area contributed by atoms with Crippen molar-refractivity contribution < 1.29 is 0 Å². The SMILES string of the molecule is C1=CCCC/C=C\C=C\CC1. The highest BCUT2D eigenvalue weighted by molar-refractivity contribution is 5.03. The Balaban J connectivity index is 2.34. The van der Waals surface area contributed by atoms with Crippen LogP contribution in [0.2, 0.25) is 0 Å². The second-order valence-corrected chi connectivity index (χ2v) is 2.84. The zero-order valence-corrected chi connectivity index (χ0v) is 7.00. The van der Waals surface area contributed by atoms with Crippen molar-refractivity contribution in [1.82, 2.24) is 0 Å². The second-order valence-electron chi connectivity index (χ2n) is 2.84. The van der Waals surface area contributed by atoms with E-state index in [0.717, 1.165) is 0 Å². The van der Waals surface area contributed by atoms with Gasteiger partial charge in [-0.05, 0) is 32.1 Å². The Bertz CT molecular complexity index is 161. The average Bonchev–Trinajstić information content (AvgIpc) is 2.08. The van der Waals surface area contributed by atoms with Crippen molar-refractivity contribution in [1.29, 1.82) is 0 Å². The molecular formula is C11H16. The van der Waals surface area contributed by atoms with E-state index in [2.05, 4.69) is 36.5 Å². The predicted octanol–water partition coefficient (Wildman–Crippen LogP) is 3.62. The van der Waals surface area contributed by atoms with E-state index in [0.29, 0.717) is 0 Å². The van der Waals surface area contributed by atoms with Gasteiger partial charge in [-0.2, -0.15) is 0 Å². The first-order chi connectivity index (χ1) is 5.50. The van der Waals surface area contributed by atoms with Crippen LogP contribution < -0.4 is 0 Å². The summed E-state index contributed by atoms with van der Waals surface area (Å²) in [4.78, 5) is 0. The number of hydrogen-bond acceptors (Lipinski definition) is 0. The summed E-state index contributed by atoms with van der Waals surface area (Å²) in [5.41, 5.74) is 0. The summed E-state index contributed by atoms with van der Waals surface area (Å²) in [5.74, 6) is 0. The number of rotatable bonds is 0. The van der Waals surface area contributed by atoms with E-state index in [9.17, 15) is 0 Å². The van der Waals surface area contributed by atoms with Gasteiger partial charge in [0.2, 0.25) is 0 Å². The third-order valence-corrected chi connectivity index (χ3v) is 1.79. The van der Waals surface area contributed by atoms with Crippen LogP contribution in [-0.4, -0.2) is 0 Å². The molecule has 0 aromatic carbocycles. The molecule has 0 unspecified atom stereocenters. The van der Waals surface area contributed by atoms with Crippen LogP contribution in [0, 0.1) is 0 Å². The van der Waals surface area contributed by atoms with Crippen molar-refractivity contribution >= 4 is 0 Å². The first-order valence-electron chi connectivity index (χ1n) is 4.47. The molecule has 0 heteroatoms. The van der Waals surface area contributed by atoms with Gasteiger partial charge in [-0.15, -0.1) is 0 Å². The molecule has 0 atom stereocenters.